The molecule has 1 aliphatic rings. The predicted octanol–water partition coefficient (Wildman–Crippen LogP) is -1.19. The van der Waals surface area contributed by atoms with Crippen molar-refractivity contribution in [1.29, 1.82) is 0 Å². The normalized spacial score (nSPS) is 19.0. The van der Waals surface area contributed by atoms with Crippen LogP contribution >= 0.6 is 0 Å². The van der Waals surface area contributed by atoms with Crippen molar-refractivity contribution in [1.82, 2.24) is 10.2 Å². The number of amides is 2. The summed E-state index contributed by atoms with van der Waals surface area (Å²) in [7, 11) is 0. The van der Waals surface area contributed by atoms with Gasteiger partial charge in [0.15, 0.2) is 0 Å². The van der Waals surface area contributed by atoms with Crippen LogP contribution in [0, 0.1) is 0 Å². The number of aliphatic carboxylic acids is 1. The Morgan fingerprint density at radius 1 is 1.27 bits per heavy atom. The van der Waals surface area contributed by atoms with E-state index in [0.717, 1.165) is 5.56 Å². The fourth-order valence-corrected chi connectivity index (χ4v) is 2.94. The van der Waals surface area contributed by atoms with Crippen LogP contribution < -0.4 is 11.1 Å². The van der Waals surface area contributed by atoms with Gasteiger partial charge in [0.25, 0.3) is 0 Å². The third kappa shape index (κ3) is 4.70. The number of carbonyl (C=O) groups is 3. The van der Waals surface area contributed by atoms with E-state index in [1.807, 2.05) is 0 Å². The number of carboxylic acid groups (broad SMARTS) is 1. The molecule has 0 radical (unpaired) electrons. The van der Waals surface area contributed by atoms with E-state index >= 15 is 0 Å². The number of rotatable bonds is 7. The van der Waals surface area contributed by atoms with Gasteiger partial charge >= 0.3 is 5.97 Å². The predicted molar refractivity (Wildman–Crippen MR) is 91.2 cm³/mol. The Hall–Kier alpha value is -2.65. The number of phenolic OH excluding ortho intramolecular Hbond substituents is 1. The van der Waals surface area contributed by atoms with Crippen LogP contribution in [0.15, 0.2) is 24.3 Å². The van der Waals surface area contributed by atoms with E-state index < -0.39 is 42.5 Å². The Balaban J connectivity index is 2.01. The highest BCUT2D eigenvalue weighted by molar-refractivity contribution is 5.92. The molecule has 26 heavy (non-hydrogen) atoms. The molecule has 0 bridgehead atoms. The van der Waals surface area contributed by atoms with Crippen LogP contribution in [0.2, 0.25) is 0 Å². The van der Waals surface area contributed by atoms with Crippen molar-refractivity contribution in [2.45, 2.75) is 37.4 Å². The lowest BCUT2D eigenvalue weighted by Gasteiger charge is -2.27. The molecule has 9 nitrogen and oxygen atoms in total. The Morgan fingerprint density at radius 2 is 1.92 bits per heavy atom. The van der Waals surface area contributed by atoms with E-state index in [9.17, 15) is 19.5 Å². The Morgan fingerprint density at radius 3 is 2.50 bits per heavy atom. The number of carboxylic acids is 1. The topological polar surface area (TPSA) is 153 Å². The summed E-state index contributed by atoms with van der Waals surface area (Å²) >= 11 is 0. The summed E-state index contributed by atoms with van der Waals surface area (Å²) in [5.41, 5.74) is 6.76. The lowest BCUT2D eigenvalue weighted by Crippen LogP contribution is -2.54. The highest BCUT2D eigenvalue weighted by Gasteiger charge is 2.37. The van der Waals surface area contributed by atoms with Gasteiger partial charge in [-0.25, -0.2) is 4.79 Å². The van der Waals surface area contributed by atoms with E-state index in [1.165, 1.54) is 17.0 Å². The molecule has 1 aliphatic heterocycles. The van der Waals surface area contributed by atoms with Gasteiger partial charge in [0.05, 0.1) is 12.6 Å². The third-order valence-electron chi connectivity index (χ3n) is 4.34. The molecule has 0 spiro atoms. The minimum atomic E-state index is -1.41. The molecule has 0 aliphatic carbocycles. The molecule has 0 unspecified atom stereocenters. The number of likely N-dealkylation sites (tertiary alicyclic amines) is 1. The molecule has 1 heterocycles. The molecule has 2 amide bonds. The third-order valence-corrected chi connectivity index (χ3v) is 4.34. The zero-order valence-corrected chi connectivity index (χ0v) is 14.2. The molecule has 142 valence electrons. The van der Waals surface area contributed by atoms with E-state index in [-0.39, 0.29) is 12.2 Å². The van der Waals surface area contributed by atoms with Gasteiger partial charge in [-0.15, -0.1) is 0 Å². The highest BCUT2D eigenvalue weighted by atomic mass is 16.4. The fraction of sp³-hybridized carbons (Fsp3) is 0.471. The molecular formula is C17H23N3O6. The van der Waals surface area contributed by atoms with Gasteiger partial charge in [0.1, 0.15) is 17.8 Å². The molecule has 1 saturated heterocycles. The van der Waals surface area contributed by atoms with Crippen molar-refractivity contribution in [3.63, 3.8) is 0 Å². The SMILES string of the molecule is N[C@@H](Cc1ccc(O)cc1)C(=O)N1CCC[C@H]1C(=O)N[C@@H](CO)C(=O)O. The van der Waals surface area contributed by atoms with Crippen LogP contribution in [-0.4, -0.2) is 69.3 Å². The maximum atomic E-state index is 12.6. The second-order valence-electron chi connectivity index (χ2n) is 6.25. The van der Waals surface area contributed by atoms with Gasteiger partial charge < -0.3 is 31.3 Å². The van der Waals surface area contributed by atoms with Crippen molar-refractivity contribution < 1.29 is 29.7 Å². The van der Waals surface area contributed by atoms with Crippen LogP contribution in [0.1, 0.15) is 18.4 Å². The van der Waals surface area contributed by atoms with Crippen molar-refractivity contribution in [3.8, 4) is 5.75 Å². The number of hydrogen-bond acceptors (Lipinski definition) is 6. The molecule has 3 atom stereocenters. The highest BCUT2D eigenvalue weighted by Crippen LogP contribution is 2.20. The number of hydrogen-bond donors (Lipinski definition) is 5. The quantitative estimate of drug-likeness (QED) is 0.407. The van der Waals surface area contributed by atoms with Crippen molar-refractivity contribution in [2.75, 3.05) is 13.2 Å². The van der Waals surface area contributed by atoms with Crippen LogP contribution in [0.25, 0.3) is 0 Å². The van der Waals surface area contributed by atoms with Gasteiger partial charge in [0, 0.05) is 6.54 Å². The number of aliphatic hydroxyl groups excluding tert-OH is 1. The van der Waals surface area contributed by atoms with Gasteiger partial charge in [-0.2, -0.15) is 0 Å². The maximum Gasteiger partial charge on any atom is 0.328 e. The number of carbonyl (C=O) groups excluding carboxylic acids is 2. The zero-order valence-electron chi connectivity index (χ0n) is 14.2. The van der Waals surface area contributed by atoms with E-state index in [2.05, 4.69) is 5.32 Å². The summed E-state index contributed by atoms with van der Waals surface area (Å²) in [6.07, 6.45) is 1.26. The van der Waals surface area contributed by atoms with Crippen LogP contribution in [0.3, 0.4) is 0 Å². The standard InChI is InChI=1S/C17H23N3O6/c18-12(8-10-3-5-11(22)6-4-10)16(24)20-7-1-2-14(20)15(23)19-13(9-21)17(25)26/h3-6,12-14,21-22H,1-2,7-9,18H2,(H,19,23)(H,25,26)/t12-,13-,14-/m0/s1. The first kappa shape index (κ1) is 19.7. The minimum Gasteiger partial charge on any atom is -0.508 e. The molecule has 0 saturated carbocycles. The summed E-state index contributed by atoms with van der Waals surface area (Å²) in [5, 5.41) is 29.5. The molecule has 1 fully saturated rings. The smallest absolute Gasteiger partial charge is 0.328 e. The molecular weight excluding hydrogens is 342 g/mol. The number of phenols is 1. The number of aromatic hydroxyl groups is 1. The first-order valence-corrected chi connectivity index (χ1v) is 8.31. The number of aliphatic hydroxyl groups is 1. The van der Waals surface area contributed by atoms with E-state index in [4.69, 9.17) is 15.9 Å². The zero-order chi connectivity index (χ0) is 19.3. The summed E-state index contributed by atoms with van der Waals surface area (Å²) in [4.78, 5) is 37.2. The second-order valence-corrected chi connectivity index (χ2v) is 6.25. The van der Waals surface area contributed by atoms with Crippen LogP contribution in [0.4, 0.5) is 0 Å². The lowest BCUT2D eigenvalue weighted by atomic mass is 10.0. The van der Waals surface area contributed by atoms with E-state index in [0.29, 0.717) is 19.4 Å². The average Bonchev–Trinajstić information content (AvgIpc) is 3.10. The van der Waals surface area contributed by atoms with Crippen LogP contribution in [0.5, 0.6) is 5.75 Å². The minimum absolute atomic E-state index is 0.113. The summed E-state index contributed by atoms with van der Waals surface area (Å²) in [6, 6.07) is 3.25. The molecule has 0 aromatic heterocycles. The lowest BCUT2D eigenvalue weighted by molar-refractivity contribution is -0.145. The number of benzene rings is 1. The molecule has 2 rings (SSSR count). The van der Waals surface area contributed by atoms with Gasteiger partial charge in [-0.3, -0.25) is 9.59 Å². The van der Waals surface area contributed by atoms with Crippen molar-refractivity contribution >= 4 is 17.8 Å². The molecule has 9 heteroatoms. The summed E-state index contributed by atoms with van der Waals surface area (Å²) in [5.74, 6) is -2.25. The van der Waals surface area contributed by atoms with Crippen molar-refractivity contribution in [2.24, 2.45) is 5.73 Å². The molecule has 1 aromatic rings. The van der Waals surface area contributed by atoms with Gasteiger partial charge in [-0.1, -0.05) is 12.1 Å². The number of nitrogens with zero attached hydrogens (tertiary/aromatic N) is 1. The largest absolute Gasteiger partial charge is 0.508 e. The monoisotopic (exact) mass is 365 g/mol. The Kier molecular flexibility index (Phi) is 6.53. The van der Waals surface area contributed by atoms with Gasteiger partial charge in [-0.05, 0) is 37.0 Å². The average molecular weight is 365 g/mol. The fourth-order valence-electron chi connectivity index (χ4n) is 2.94. The van der Waals surface area contributed by atoms with Gasteiger partial charge in [0.2, 0.25) is 11.8 Å². The van der Waals surface area contributed by atoms with Crippen molar-refractivity contribution in [3.05, 3.63) is 29.8 Å². The van der Waals surface area contributed by atoms with Crippen LogP contribution in [-0.2, 0) is 20.8 Å². The summed E-state index contributed by atoms with van der Waals surface area (Å²) < 4.78 is 0. The number of nitrogens with one attached hydrogen (secondary N) is 1. The molecule has 6 N–H and O–H groups in total. The second kappa shape index (κ2) is 8.63. The maximum absolute atomic E-state index is 12.6. The van der Waals surface area contributed by atoms with E-state index in [1.54, 1.807) is 12.1 Å². The number of nitrogens with two attached hydrogens (primary N) is 1. The Bertz CT molecular complexity index is 663. The first-order chi connectivity index (χ1) is 12.3. The Labute approximate surface area is 150 Å². The molecule has 1 aromatic carbocycles. The first-order valence-electron chi connectivity index (χ1n) is 8.31. The summed E-state index contributed by atoms with van der Waals surface area (Å²) in [6.45, 7) is -0.376.